The van der Waals surface area contributed by atoms with Crippen LogP contribution in [-0.2, 0) is 0 Å². The van der Waals surface area contributed by atoms with E-state index in [9.17, 15) is 0 Å². The molecule has 0 aliphatic carbocycles. The number of unbranched alkanes of at least 4 members (excludes halogenated alkanes) is 1. The van der Waals surface area contributed by atoms with E-state index in [1.807, 2.05) is 0 Å². The van der Waals surface area contributed by atoms with Gasteiger partial charge in [0, 0.05) is 6.04 Å². The summed E-state index contributed by atoms with van der Waals surface area (Å²) in [5.41, 5.74) is 5.58. The predicted octanol–water partition coefficient (Wildman–Crippen LogP) is 4.11. The first-order valence-corrected chi connectivity index (χ1v) is 7.23. The number of hydrazine groups is 1. The normalized spacial score (nSPS) is 14.4. The Morgan fingerprint density at radius 1 is 1.17 bits per heavy atom. The molecule has 2 heteroatoms. The van der Waals surface area contributed by atoms with Gasteiger partial charge in [-0.15, -0.1) is 0 Å². The van der Waals surface area contributed by atoms with Crippen LogP contribution in [0.15, 0.2) is 24.3 Å². The minimum Gasteiger partial charge on any atom is -0.271 e. The van der Waals surface area contributed by atoms with Crippen molar-refractivity contribution in [1.29, 1.82) is 0 Å². The van der Waals surface area contributed by atoms with Crippen molar-refractivity contribution >= 4 is 0 Å². The van der Waals surface area contributed by atoms with Crippen LogP contribution in [0.5, 0.6) is 0 Å². The van der Waals surface area contributed by atoms with Crippen LogP contribution in [0, 0.1) is 12.8 Å². The molecule has 1 rings (SSSR count). The van der Waals surface area contributed by atoms with Crippen molar-refractivity contribution in [3.8, 4) is 0 Å². The summed E-state index contributed by atoms with van der Waals surface area (Å²) in [5, 5.41) is 0. The average molecular weight is 248 g/mol. The summed E-state index contributed by atoms with van der Waals surface area (Å²) in [6.45, 7) is 6.65. The highest BCUT2D eigenvalue weighted by atomic mass is 15.2. The zero-order valence-corrected chi connectivity index (χ0v) is 12.1. The number of hydrogen-bond donors (Lipinski definition) is 2. The minimum absolute atomic E-state index is 0.285. The van der Waals surface area contributed by atoms with Gasteiger partial charge in [-0.2, -0.15) is 0 Å². The second-order valence-corrected chi connectivity index (χ2v) is 5.28. The number of nitrogens with one attached hydrogen (secondary N) is 1. The fraction of sp³-hybridized carbons (Fsp3) is 0.625. The highest BCUT2D eigenvalue weighted by Gasteiger charge is 2.15. The van der Waals surface area contributed by atoms with E-state index in [0.717, 1.165) is 12.3 Å². The molecule has 2 unspecified atom stereocenters. The van der Waals surface area contributed by atoms with Crippen LogP contribution in [0.3, 0.4) is 0 Å². The number of benzene rings is 1. The van der Waals surface area contributed by atoms with Gasteiger partial charge in [0.2, 0.25) is 0 Å². The molecule has 2 atom stereocenters. The first-order chi connectivity index (χ1) is 8.71. The minimum atomic E-state index is 0.285. The molecular formula is C16H28N2. The smallest absolute Gasteiger partial charge is 0.0462 e. The summed E-state index contributed by atoms with van der Waals surface area (Å²) in [5.74, 6) is 6.50. The van der Waals surface area contributed by atoms with Crippen molar-refractivity contribution in [2.75, 3.05) is 0 Å². The fourth-order valence-corrected chi connectivity index (χ4v) is 2.41. The molecule has 0 aliphatic rings. The van der Waals surface area contributed by atoms with Crippen LogP contribution in [0.1, 0.15) is 63.1 Å². The maximum Gasteiger partial charge on any atom is 0.0462 e. The van der Waals surface area contributed by atoms with Gasteiger partial charge in [-0.3, -0.25) is 11.3 Å². The van der Waals surface area contributed by atoms with Gasteiger partial charge in [0.15, 0.2) is 0 Å². The van der Waals surface area contributed by atoms with Crippen LogP contribution in [0.4, 0.5) is 0 Å². The Kier molecular flexibility index (Phi) is 6.99. The Hall–Kier alpha value is -0.860. The third-order valence-electron chi connectivity index (χ3n) is 3.79. The van der Waals surface area contributed by atoms with E-state index in [-0.39, 0.29) is 6.04 Å². The molecule has 0 saturated carbocycles. The van der Waals surface area contributed by atoms with Crippen molar-refractivity contribution in [3.63, 3.8) is 0 Å². The lowest BCUT2D eigenvalue weighted by Gasteiger charge is -2.22. The third kappa shape index (κ3) is 4.79. The molecule has 3 N–H and O–H groups in total. The lowest BCUT2D eigenvalue weighted by Crippen LogP contribution is -2.29. The van der Waals surface area contributed by atoms with Crippen LogP contribution in [0.25, 0.3) is 0 Å². The quantitative estimate of drug-likeness (QED) is 0.537. The molecule has 1 aromatic rings. The van der Waals surface area contributed by atoms with E-state index < -0.39 is 0 Å². The molecule has 0 aromatic heterocycles. The van der Waals surface area contributed by atoms with E-state index in [1.165, 1.54) is 36.8 Å². The lowest BCUT2D eigenvalue weighted by molar-refractivity contribution is 0.356. The van der Waals surface area contributed by atoms with E-state index >= 15 is 0 Å². The summed E-state index contributed by atoms with van der Waals surface area (Å²) < 4.78 is 0. The Bertz CT molecular complexity index is 318. The zero-order chi connectivity index (χ0) is 13.4. The van der Waals surface area contributed by atoms with Crippen LogP contribution in [-0.4, -0.2) is 0 Å². The average Bonchev–Trinajstić information content (AvgIpc) is 2.40. The van der Waals surface area contributed by atoms with Crippen molar-refractivity contribution in [3.05, 3.63) is 35.4 Å². The van der Waals surface area contributed by atoms with Gasteiger partial charge in [0.25, 0.3) is 0 Å². The molecule has 18 heavy (non-hydrogen) atoms. The summed E-state index contributed by atoms with van der Waals surface area (Å²) in [4.78, 5) is 0. The first-order valence-electron chi connectivity index (χ1n) is 7.23. The van der Waals surface area contributed by atoms with E-state index in [4.69, 9.17) is 5.84 Å². The second kappa shape index (κ2) is 8.28. The van der Waals surface area contributed by atoms with E-state index in [2.05, 4.69) is 50.5 Å². The molecule has 0 radical (unpaired) electrons. The standard InChI is InChI=1S/C16H28N2/c1-4-6-7-14(5-2)12-16(18-17)15-10-8-13(3)9-11-15/h8-11,14,16,18H,4-7,12,17H2,1-3H3. The van der Waals surface area contributed by atoms with Crippen molar-refractivity contribution in [2.24, 2.45) is 11.8 Å². The van der Waals surface area contributed by atoms with Gasteiger partial charge in [-0.05, 0) is 24.8 Å². The molecule has 0 bridgehead atoms. The summed E-state index contributed by atoms with van der Waals surface area (Å²) >= 11 is 0. The first kappa shape index (κ1) is 15.2. The SMILES string of the molecule is CCCCC(CC)CC(NN)c1ccc(C)cc1. The number of rotatable bonds is 8. The van der Waals surface area contributed by atoms with Gasteiger partial charge >= 0.3 is 0 Å². The van der Waals surface area contributed by atoms with Crippen LogP contribution < -0.4 is 11.3 Å². The second-order valence-electron chi connectivity index (χ2n) is 5.28. The maximum atomic E-state index is 5.72. The zero-order valence-electron chi connectivity index (χ0n) is 12.1. The number of hydrogen-bond acceptors (Lipinski definition) is 2. The number of aryl methyl sites for hydroxylation is 1. The Morgan fingerprint density at radius 3 is 2.33 bits per heavy atom. The maximum absolute atomic E-state index is 5.72. The molecule has 0 aliphatic heterocycles. The Morgan fingerprint density at radius 2 is 1.83 bits per heavy atom. The molecule has 102 valence electrons. The molecule has 0 fully saturated rings. The topological polar surface area (TPSA) is 38.0 Å². The predicted molar refractivity (Wildman–Crippen MR) is 79.2 cm³/mol. The van der Waals surface area contributed by atoms with Crippen molar-refractivity contribution < 1.29 is 0 Å². The van der Waals surface area contributed by atoms with Crippen LogP contribution in [0.2, 0.25) is 0 Å². The lowest BCUT2D eigenvalue weighted by atomic mass is 9.89. The Balaban J connectivity index is 2.62. The summed E-state index contributed by atoms with van der Waals surface area (Å²) in [6, 6.07) is 8.98. The Labute approximate surface area is 112 Å². The van der Waals surface area contributed by atoms with Crippen molar-refractivity contribution in [1.82, 2.24) is 5.43 Å². The third-order valence-corrected chi connectivity index (χ3v) is 3.79. The van der Waals surface area contributed by atoms with E-state index in [0.29, 0.717) is 0 Å². The van der Waals surface area contributed by atoms with E-state index in [1.54, 1.807) is 0 Å². The molecule has 0 amide bonds. The largest absolute Gasteiger partial charge is 0.271 e. The fourth-order valence-electron chi connectivity index (χ4n) is 2.41. The molecule has 0 heterocycles. The highest BCUT2D eigenvalue weighted by molar-refractivity contribution is 5.24. The molecule has 2 nitrogen and oxygen atoms in total. The molecule has 0 saturated heterocycles. The summed E-state index contributed by atoms with van der Waals surface area (Å²) in [7, 11) is 0. The summed E-state index contributed by atoms with van der Waals surface area (Å²) in [6.07, 6.45) is 6.29. The monoisotopic (exact) mass is 248 g/mol. The molecule has 0 spiro atoms. The molecular weight excluding hydrogens is 220 g/mol. The van der Waals surface area contributed by atoms with Gasteiger partial charge in [-0.25, -0.2) is 0 Å². The van der Waals surface area contributed by atoms with Crippen molar-refractivity contribution in [2.45, 2.75) is 58.9 Å². The van der Waals surface area contributed by atoms with Crippen LogP contribution >= 0.6 is 0 Å². The number of nitrogens with two attached hydrogens (primary N) is 1. The van der Waals surface area contributed by atoms with Gasteiger partial charge in [-0.1, -0.05) is 69.4 Å². The van der Waals surface area contributed by atoms with Gasteiger partial charge < -0.3 is 0 Å². The highest BCUT2D eigenvalue weighted by Crippen LogP contribution is 2.26. The van der Waals surface area contributed by atoms with Gasteiger partial charge in [0.1, 0.15) is 0 Å². The van der Waals surface area contributed by atoms with Gasteiger partial charge in [0.05, 0.1) is 0 Å². The molecule has 1 aromatic carbocycles.